The molecule has 0 bridgehead atoms. The van der Waals surface area contributed by atoms with Crippen LogP contribution in [0.5, 0.6) is 17.2 Å². The summed E-state index contributed by atoms with van der Waals surface area (Å²) >= 11 is 3.69. The van der Waals surface area contributed by atoms with E-state index in [4.69, 9.17) is 14.2 Å². The lowest BCUT2D eigenvalue weighted by atomic mass is 10.3. The van der Waals surface area contributed by atoms with Gasteiger partial charge in [-0.3, -0.25) is 0 Å². The SMILES string of the molecule is CSCOC(=O)[C@@H](C)Oc1ccc(Oc2ccc(I)cc2)cc1. The number of esters is 1. The zero-order valence-electron chi connectivity index (χ0n) is 12.8. The number of ether oxygens (including phenoxy) is 3. The molecular weight excluding hydrogens is 427 g/mol. The molecular formula is C17H17IO4S. The second kappa shape index (κ2) is 9.02. The Morgan fingerprint density at radius 2 is 1.57 bits per heavy atom. The predicted octanol–water partition coefficient (Wildman–Crippen LogP) is 4.71. The molecule has 1 atom stereocenters. The summed E-state index contributed by atoms with van der Waals surface area (Å²) in [5, 5.41) is 0. The molecule has 0 aliphatic heterocycles. The zero-order chi connectivity index (χ0) is 16.7. The van der Waals surface area contributed by atoms with E-state index in [0.29, 0.717) is 17.4 Å². The Bertz CT molecular complexity index is 628. The molecule has 2 aromatic rings. The van der Waals surface area contributed by atoms with Gasteiger partial charge in [-0.1, -0.05) is 0 Å². The van der Waals surface area contributed by atoms with Crippen LogP contribution in [0.2, 0.25) is 0 Å². The van der Waals surface area contributed by atoms with Crippen molar-refractivity contribution in [2.24, 2.45) is 0 Å². The summed E-state index contributed by atoms with van der Waals surface area (Å²) in [7, 11) is 0. The summed E-state index contributed by atoms with van der Waals surface area (Å²) in [5.74, 6) is 2.02. The Labute approximate surface area is 153 Å². The van der Waals surface area contributed by atoms with E-state index in [1.54, 1.807) is 31.2 Å². The predicted molar refractivity (Wildman–Crippen MR) is 100 cm³/mol. The average Bonchev–Trinajstić information content (AvgIpc) is 2.56. The molecule has 0 saturated carbocycles. The van der Waals surface area contributed by atoms with E-state index in [-0.39, 0.29) is 5.97 Å². The maximum absolute atomic E-state index is 11.7. The molecule has 0 amide bonds. The van der Waals surface area contributed by atoms with Crippen molar-refractivity contribution >= 4 is 40.3 Å². The standard InChI is InChI=1S/C17H17IO4S/c1-12(17(19)20-11-23-2)21-14-7-9-16(10-8-14)22-15-5-3-13(18)4-6-15/h3-10,12H,11H2,1-2H3/t12-/m1/s1. The van der Waals surface area contributed by atoms with Crippen molar-refractivity contribution in [2.75, 3.05) is 12.2 Å². The molecule has 0 radical (unpaired) electrons. The first-order valence-corrected chi connectivity index (χ1v) is 9.41. The molecule has 0 saturated heterocycles. The molecule has 0 aliphatic carbocycles. The molecule has 0 heterocycles. The highest BCUT2D eigenvalue weighted by molar-refractivity contribution is 14.1. The summed E-state index contributed by atoms with van der Waals surface area (Å²) in [6.45, 7) is 1.67. The lowest BCUT2D eigenvalue weighted by Crippen LogP contribution is -2.25. The van der Waals surface area contributed by atoms with Crippen LogP contribution >= 0.6 is 34.4 Å². The molecule has 122 valence electrons. The Morgan fingerprint density at radius 3 is 2.13 bits per heavy atom. The fraction of sp³-hybridized carbons (Fsp3) is 0.235. The number of carbonyl (C=O) groups excluding carboxylic acids is 1. The minimum Gasteiger partial charge on any atom is -0.479 e. The summed E-state index contributed by atoms with van der Waals surface area (Å²) < 4.78 is 17.5. The van der Waals surface area contributed by atoms with Crippen molar-refractivity contribution in [3.8, 4) is 17.2 Å². The third kappa shape index (κ3) is 5.95. The van der Waals surface area contributed by atoms with E-state index in [1.807, 2.05) is 30.5 Å². The number of hydrogen-bond donors (Lipinski definition) is 0. The van der Waals surface area contributed by atoms with Crippen LogP contribution in [-0.4, -0.2) is 24.3 Å². The topological polar surface area (TPSA) is 44.8 Å². The summed E-state index contributed by atoms with van der Waals surface area (Å²) in [6, 6.07) is 14.9. The van der Waals surface area contributed by atoms with Crippen LogP contribution in [0.4, 0.5) is 0 Å². The molecule has 23 heavy (non-hydrogen) atoms. The number of carbonyl (C=O) groups is 1. The highest BCUT2D eigenvalue weighted by Crippen LogP contribution is 2.25. The number of halogens is 1. The van der Waals surface area contributed by atoms with E-state index >= 15 is 0 Å². The monoisotopic (exact) mass is 444 g/mol. The van der Waals surface area contributed by atoms with E-state index in [1.165, 1.54) is 11.8 Å². The van der Waals surface area contributed by atoms with Gasteiger partial charge in [-0.2, -0.15) is 0 Å². The number of thioether (sulfide) groups is 1. The molecule has 0 aromatic heterocycles. The van der Waals surface area contributed by atoms with Gasteiger partial charge in [0.2, 0.25) is 0 Å². The van der Waals surface area contributed by atoms with Crippen LogP contribution in [0.25, 0.3) is 0 Å². The van der Waals surface area contributed by atoms with Gasteiger partial charge in [-0.25, -0.2) is 4.79 Å². The first-order chi connectivity index (χ1) is 11.1. The highest BCUT2D eigenvalue weighted by Gasteiger charge is 2.16. The maximum atomic E-state index is 11.7. The average molecular weight is 444 g/mol. The molecule has 6 heteroatoms. The molecule has 0 N–H and O–H groups in total. The van der Waals surface area contributed by atoms with Gasteiger partial charge in [0, 0.05) is 3.57 Å². The first kappa shape index (κ1) is 17.9. The molecule has 0 fully saturated rings. The fourth-order valence-electron chi connectivity index (χ4n) is 1.71. The van der Waals surface area contributed by atoms with Crippen LogP contribution in [0, 0.1) is 3.57 Å². The maximum Gasteiger partial charge on any atom is 0.347 e. The van der Waals surface area contributed by atoms with E-state index in [0.717, 1.165) is 9.32 Å². The first-order valence-electron chi connectivity index (χ1n) is 6.94. The quantitative estimate of drug-likeness (QED) is 0.352. The van der Waals surface area contributed by atoms with Gasteiger partial charge < -0.3 is 14.2 Å². The van der Waals surface area contributed by atoms with E-state index < -0.39 is 6.10 Å². The summed E-state index contributed by atoms with van der Waals surface area (Å²) in [6.07, 6.45) is 1.22. The van der Waals surface area contributed by atoms with Crippen molar-refractivity contribution < 1.29 is 19.0 Å². The van der Waals surface area contributed by atoms with Crippen molar-refractivity contribution in [3.05, 3.63) is 52.1 Å². The lowest BCUT2D eigenvalue weighted by molar-refractivity contribution is -0.148. The smallest absolute Gasteiger partial charge is 0.347 e. The van der Waals surface area contributed by atoms with Crippen molar-refractivity contribution in [1.82, 2.24) is 0 Å². The second-order valence-electron chi connectivity index (χ2n) is 4.66. The van der Waals surface area contributed by atoms with Gasteiger partial charge >= 0.3 is 5.97 Å². The van der Waals surface area contributed by atoms with Crippen LogP contribution in [0.15, 0.2) is 48.5 Å². The molecule has 2 aromatic carbocycles. The normalized spacial score (nSPS) is 11.6. The lowest BCUT2D eigenvalue weighted by Gasteiger charge is -2.14. The Morgan fingerprint density at radius 1 is 1.04 bits per heavy atom. The largest absolute Gasteiger partial charge is 0.479 e. The van der Waals surface area contributed by atoms with Gasteiger partial charge in [0.1, 0.15) is 23.2 Å². The van der Waals surface area contributed by atoms with Crippen LogP contribution in [-0.2, 0) is 9.53 Å². The van der Waals surface area contributed by atoms with E-state index in [9.17, 15) is 4.79 Å². The second-order valence-corrected chi connectivity index (χ2v) is 6.72. The third-order valence-corrected chi connectivity index (χ3v) is 3.91. The molecule has 0 spiro atoms. The molecule has 0 aliphatic rings. The zero-order valence-corrected chi connectivity index (χ0v) is 15.8. The number of hydrogen-bond acceptors (Lipinski definition) is 5. The van der Waals surface area contributed by atoms with Gasteiger partial charge in [0.25, 0.3) is 0 Å². The number of benzene rings is 2. The van der Waals surface area contributed by atoms with Crippen LogP contribution in [0.1, 0.15) is 6.92 Å². The van der Waals surface area contributed by atoms with E-state index in [2.05, 4.69) is 22.6 Å². The van der Waals surface area contributed by atoms with Crippen LogP contribution < -0.4 is 9.47 Å². The van der Waals surface area contributed by atoms with Gasteiger partial charge in [0.05, 0.1) is 0 Å². The molecule has 4 nitrogen and oxygen atoms in total. The minimum absolute atomic E-state index is 0.329. The minimum atomic E-state index is -0.648. The summed E-state index contributed by atoms with van der Waals surface area (Å²) in [4.78, 5) is 11.7. The van der Waals surface area contributed by atoms with Gasteiger partial charge in [-0.05, 0) is 84.3 Å². The Hall–Kier alpha value is -1.41. The Kier molecular flexibility index (Phi) is 7.04. The van der Waals surface area contributed by atoms with Crippen molar-refractivity contribution in [3.63, 3.8) is 0 Å². The number of rotatable bonds is 7. The van der Waals surface area contributed by atoms with Crippen molar-refractivity contribution in [1.29, 1.82) is 0 Å². The molecule has 0 unspecified atom stereocenters. The summed E-state index contributed by atoms with van der Waals surface area (Å²) in [5.41, 5.74) is 0. The third-order valence-electron chi connectivity index (χ3n) is 2.84. The Balaban J connectivity index is 1.91. The fourth-order valence-corrected chi connectivity index (χ4v) is 2.31. The molecule has 2 rings (SSSR count). The van der Waals surface area contributed by atoms with Crippen LogP contribution in [0.3, 0.4) is 0 Å². The van der Waals surface area contributed by atoms with Gasteiger partial charge in [-0.15, -0.1) is 11.8 Å². The van der Waals surface area contributed by atoms with Gasteiger partial charge in [0.15, 0.2) is 6.10 Å². The highest BCUT2D eigenvalue weighted by atomic mass is 127. The van der Waals surface area contributed by atoms with Crippen molar-refractivity contribution in [2.45, 2.75) is 13.0 Å².